The summed E-state index contributed by atoms with van der Waals surface area (Å²) in [5.74, 6) is 1.09. The Morgan fingerprint density at radius 3 is 2.94 bits per heavy atom. The molecule has 1 unspecified atom stereocenters. The summed E-state index contributed by atoms with van der Waals surface area (Å²) in [5, 5.41) is 6.21. The zero-order valence-corrected chi connectivity index (χ0v) is 10.9. The summed E-state index contributed by atoms with van der Waals surface area (Å²) in [4.78, 5) is 4.10. The molecule has 0 fully saturated rings. The van der Waals surface area contributed by atoms with Crippen LogP contribution in [0.3, 0.4) is 0 Å². The van der Waals surface area contributed by atoms with Gasteiger partial charge in [-0.05, 0) is 37.2 Å². The molecule has 0 saturated carbocycles. The largest absolute Gasteiger partial charge is 0.148 e. The van der Waals surface area contributed by atoms with Crippen LogP contribution in [0.4, 0.5) is 5.69 Å². The highest BCUT2D eigenvalue weighted by molar-refractivity contribution is 7.99. The van der Waals surface area contributed by atoms with Crippen LogP contribution in [0, 0.1) is 0 Å². The number of nitrogens with zero attached hydrogens (tertiary/aromatic N) is 3. The van der Waals surface area contributed by atoms with Crippen LogP contribution in [0.5, 0.6) is 0 Å². The maximum atomic E-state index is 8.50. The Balaban J connectivity index is 2.26. The SMILES string of the molecule is CC1=C(C)CC(c2sccc2N=[N+]=[N-])SC1. The van der Waals surface area contributed by atoms with Crippen molar-refractivity contribution in [2.24, 2.45) is 5.11 Å². The molecule has 16 heavy (non-hydrogen) atoms. The van der Waals surface area contributed by atoms with Gasteiger partial charge in [0.25, 0.3) is 0 Å². The second kappa shape index (κ2) is 4.95. The Labute approximate surface area is 103 Å². The third kappa shape index (κ3) is 2.26. The summed E-state index contributed by atoms with van der Waals surface area (Å²) in [6.07, 6.45) is 1.07. The number of rotatable bonds is 2. The molecule has 84 valence electrons. The van der Waals surface area contributed by atoms with Crippen molar-refractivity contribution in [2.45, 2.75) is 25.5 Å². The summed E-state index contributed by atoms with van der Waals surface area (Å²) in [6.45, 7) is 4.39. The smallest absolute Gasteiger partial charge is 0.0525 e. The van der Waals surface area contributed by atoms with Gasteiger partial charge in [0.05, 0.1) is 5.69 Å². The summed E-state index contributed by atoms with van der Waals surface area (Å²) in [5.41, 5.74) is 12.3. The quantitative estimate of drug-likeness (QED) is 0.308. The highest BCUT2D eigenvalue weighted by atomic mass is 32.2. The predicted octanol–water partition coefficient (Wildman–Crippen LogP) is 5.20. The molecule has 0 aliphatic carbocycles. The van der Waals surface area contributed by atoms with Crippen molar-refractivity contribution < 1.29 is 0 Å². The van der Waals surface area contributed by atoms with Crippen molar-refractivity contribution in [1.29, 1.82) is 0 Å². The minimum atomic E-state index is 0.462. The normalized spacial score (nSPS) is 20.8. The van der Waals surface area contributed by atoms with E-state index in [1.54, 1.807) is 11.3 Å². The second-order valence-corrected chi connectivity index (χ2v) is 6.06. The van der Waals surface area contributed by atoms with E-state index in [2.05, 4.69) is 23.9 Å². The van der Waals surface area contributed by atoms with Crippen molar-refractivity contribution in [1.82, 2.24) is 0 Å². The summed E-state index contributed by atoms with van der Waals surface area (Å²) < 4.78 is 0. The summed E-state index contributed by atoms with van der Waals surface area (Å²) in [6, 6.07) is 1.90. The number of thiophene rings is 1. The van der Waals surface area contributed by atoms with Crippen molar-refractivity contribution in [3.8, 4) is 0 Å². The van der Waals surface area contributed by atoms with Gasteiger partial charge in [-0.25, -0.2) is 0 Å². The lowest BCUT2D eigenvalue weighted by atomic mass is 10.1. The first kappa shape index (κ1) is 11.6. The molecule has 0 aromatic carbocycles. The molecule has 0 N–H and O–H groups in total. The molecular formula is C11H13N3S2. The van der Waals surface area contributed by atoms with Crippen LogP contribution in [0.1, 0.15) is 30.4 Å². The van der Waals surface area contributed by atoms with Gasteiger partial charge >= 0.3 is 0 Å². The van der Waals surface area contributed by atoms with E-state index in [1.807, 2.05) is 23.2 Å². The molecule has 1 aromatic heterocycles. The lowest BCUT2D eigenvalue weighted by Gasteiger charge is -2.23. The highest BCUT2D eigenvalue weighted by Gasteiger charge is 2.21. The minimum absolute atomic E-state index is 0.462. The average Bonchev–Trinajstić information content (AvgIpc) is 2.71. The molecule has 0 spiro atoms. The number of thioether (sulfide) groups is 1. The summed E-state index contributed by atoms with van der Waals surface area (Å²) in [7, 11) is 0. The van der Waals surface area contributed by atoms with E-state index in [4.69, 9.17) is 5.53 Å². The van der Waals surface area contributed by atoms with Gasteiger partial charge in [0.1, 0.15) is 0 Å². The fourth-order valence-corrected chi connectivity index (χ4v) is 4.23. The Hall–Kier alpha value is -0.900. The molecule has 2 heterocycles. The molecule has 1 aromatic rings. The predicted molar refractivity (Wildman–Crippen MR) is 71.3 cm³/mol. The van der Waals surface area contributed by atoms with Gasteiger partial charge in [-0.3, -0.25) is 0 Å². The zero-order valence-electron chi connectivity index (χ0n) is 9.30. The zero-order chi connectivity index (χ0) is 11.5. The van der Waals surface area contributed by atoms with E-state index >= 15 is 0 Å². The maximum absolute atomic E-state index is 8.50. The number of hydrogen-bond donors (Lipinski definition) is 0. The van der Waals surface area contributed by atoms with Crippen LogP contribution in [0.25, 0.3) is 10.4 Å². The number of allylic oxidation sites excluding steroid dienone is 1. The lowest BCUT2D eigenvalue weighted by molar-refractivity contribution is 0.898. The standard InChI is InChI=1S/C11H13N3S2/c1-7-5-10(16-6-8(7)2)11-9(13-14-12)3-4-15-11/h3-4,10H,5-6H2,1-2H3. The van der Waals surface area contributed by atoms with Crippen LogP contribution in [0.15, 0.2) is 27.7 Å². The van der Waals surface area contributed by atoms with E-state index in [0.717, 1.165) is 17.9 Å². The molecule has 2 rings (SSSR count). The van der Waals surface area contributed by atoms with Gasteiger partial charge in [0, 0.05) is 20.8 Å². The van der Waals surface area contributed by atoms with Crippen LogP contribution >= 0.6 is 23.1 Å². The third-order valence-electron chi connectivity index (χ3n) is 2.84. The van der Waals surface area contributed by atoms with Crippen molar-refractivity contribution in [3.05, 3.63) is 37.9 Å². The van der Waals surface area contributed by atoms with Crippen molar-refractivity contribution in [3.63, 3.8) is 0 Å². The van der Waals surface area contributed by atoms with Gasteiger partial charge in [0.15, 0.2) is 0 Å². The average molecular weight is 251 g/mol. The molecule has 0 amide bonds. The van der Waals surface area contributed by atoms with E-state index < -0.39 is 0 Å². The van der Waals surface area contributed by atoms with Gasteiger partial charge in [-0.1, -0.05) is 16.3 Å². The molecule has 5 heteroatoms. The summed E-state index contributed by atoms with van der Waals surface area (Å²) >= 11 is 3.63. The minimum Gasteiger partial charge on any atom is -0.148 e. The van der Waals surface area contributed by atoms with E-state index in [9.17, 15) is 0 Å². The number of azide groups is 1. The first-order valence-corrected chi connectivity index (χ1v) is 7.04. The number of hydrogen-bond acceptors (Lipinski definition) is 3. The molecule has 3 nitrogen and oxygen atoms in total. The molecule has 1 aliphatic rings. The highest BCUT2D eigenvalue weighted by Crippen LogP contribution is 2.46. The van der Waals surface area contributed by atoms with E-state index in [1.165, 1.54) is 16.0 Å². The van der Waals surface area contributed by atoms with E-state index in [-0.39, 0.29) is 0 Å². The second-order valence-electron chi connectivity index (χ2n) is 3.92. The van der Waals surface area contributed by atoms with Gasteiger partial charge in [-0.15, -0.1) is 23.1 Å². The van der Waals surface area contributed by atoms with Crippen molar-refractivity contribution in [2.75, 3.05) is 5.75 Å². The fourth-order valence-electron chi connectivity index (χ4n) is 1.71. The maximum Gasteiger partial charge on any atom is 0.0525 e. The van der Waals surface area contributed by atoms with Crippen LogP contribution < -0.4 is 0 Å². The third-order valence-corrected chi connectivity index (χ3v) is 5.41. The van der Waals surface area contributed by atoms with Gasteiger partial charge < -0.3 is 0 Å². The van der Waals surface area contributed by atoms with Crippen LogP contribution in [0.2, 0.25) is 0 Å². The topological polar surface area (TPSA) is 48.8 Å². The fraction of sp³-hybridized carbons (Fsp3) is 0.455. The van der Waals surface area contributed by atoms with Gasteiger partial charge in [-0.2, -0.15) is 0 Å². The Morgan fingerprint density at radius 2 is 2.25 bits per heavy atom. The lowest BCUT2D eigenvalue weighted by Crippen LogP contribution is -2.03. The van der Waals surface area contributed by atoms with E-state index in [0.29, 0.717) is 5.25 Å². The molecule has 0 radical (unpaired) electrons. The Kier molecular flexibility index (Phi) is 3.59. The first-order valence-electron chi connectivity index (χ1n) is 5.11. The Bertz CT molecular complexity index is 469. The molecule has 0 bridgehead atoms. The van der Waals surface area contributed by atoms with Crippen LogP contribution in [-0.2, 0) is 0 Å². The first-order chi connectivity index (χ1) is 7.72. The molecule has 1 atom stereocenters. The monoisotopic (exact) mass is 251 g/mol. The Morgan fingerprint density at radius 1 is 1.44 bits per heavy atom. The molecule has 1 aliphatic heterocycles. The molecular weight excluding hydrogens is 238 g/mol. The van der Waals surface area contributed by atoms with Gasteiger partial charge in [0.2, 0.25) is 0 Å². The van der Waals surface area contributed by atoms with Crippen LogP contribution in [-0.4, -0.2) is 5.75 Å². The van der Waals surface area contributed by atoms with Crippen molar-refractivity contribution >= 4 is 28.8 Å². The molecule has 0 saturated heterocycles.